The summed E-state index contributed by atoms with van der Waals surface area (Å²) in [7, 11) is 0. The van der Waals surface area contributed by atoms with E-state index in [1.807, 2.05) is 4.57 Å². The lowest BCUT2D eigenvalue weighted by Crippen LogP contribution is -2.38. The maximum Gasteiger partial charge on any atom is 0.255 e. The summed E-state index contributed by atoms with van der Waals surface area (Å²) in [6, 6.07) is 2.45. The lowest BCUT2D eigenvalue weighted by atomic mass is 10.1. The van der Waals surface area contributed by atoms with E-state index in [1.165, 1.54) is 6.07 Å². The summed E-state index contributed by atoms with van der Waals surface area (Å²) in [5.41, 5.74) is 0.763. The van der Waals surface area contributed by atoms with Gasteiger partial charge in [0.05, 0.1) is 28.4 Å². The highest BCUT2D eigenvalue weighted by Crippen LogP contribution is 2.30. The van der Waals surface area contributed by atoms with E-state index in [9.17, 15) is 9.18 Å². The molecule has 0 spiro atoms. The van der Waals surface area contributed by atoms with Crippen LogP contribution < -0.4 is 0 Å². The van der Waals surface area contributed by atoms with Crippen molar-refractivity contribution in [2.24, 2.45) is 0 Å². The van der Waals surface area contributed by atoms with Crippen LogP contribution in [-0.4, -0.2) is 42.1 Å². The van der Waals surface area contributed by atoms with Crippen LogP contribution in [0.5, 0.6) is 0 Å². The van der Waals surface area contributed by atoms with Gasteiger partial charge < -0.3 is 9.47 Å². The standard InChI is InChI=1S/C16H11Cl2FN6O/c17-13-9(1-2-10(19)14(13)18)16(26)24-5-6-25-12(8-24)22-23-15(25)11-7-20-3-4-21-11/h1-4,7H,5-6,8H2. The van der Waals surface area contributed by atoms with Gasteiger partial charge in [-0.2, -0.15) is 0 Å². The van der Waals surface area contributed by atoms with Crippen molar-refractivity contribution in [3.05, 3.63) is 58.0 Å². The predicted molar refractivity (Wildman–Crippen MR) is 92.2 cm³/mol. The summed E-state index contributed by atoms with van der Waals surface area (Å²) in [6.45, 7) is 1.16. The molecule has 0 aliphatic carbocycles. The smallest absolute Gasteiger partial charge is 0.255 e. The van der Waals surface area contributed by atoms with E-state index in [0.717, 1.165) is 6.07 Å². The van der Waals surface area contributed by atoms with Crippen LogP contribution in [0, 0.1) is 5.82 Å². The molecule has 1 aromatic carbocycles. The summed E-state index contributed by atoms with van der Waals surface area (Å²) >= 11 is 11.8. The van der Waals surface area contributed by atoms with E-state index in [1.54, 1.807) is 23.5 Å². The van der Waals surface area contributed by atoms with Gasteiger partial charge in [0.25, 0.3) is 5.91 Å². The van der Waals surface area contributed by atoms with Gasteiger partial charge >= 0.3 is 0 Å². The molecule has 4 rings (SSSR count). The van der Waals surface area contributed by atoms with Gasteiger partial charge in [-0.25, -0.2) is 9.37 Å². The molecule has 10 heteroatoms. The van der Waals surface area contributed by atoms with Gasteiger partial charge in [0.1, 0.15) is 11.5 Å². The summed E-state index contributed by atoms with van der Waals surface area (Å²) in [5.74, 6) is 0.213. The molecule has 1 aliphatic rings. The number of halogens is 3. The molecule has 0 radical (unpaired) electrons. The van der Waals surface area contributed by atoms with Gasteiger partial charge in [-0.3, -0.25) is 9.78 Å². The van der Waals surface area contributed by atoms with Crippen molar-refractivity contribution in [2.75, 3.05) is 6.54 Å². The van der Waals surface area contributed by atoms with E-state index in [2.05, 4.69) is 20.2 Å². The van der Waals surface area contributed by atoms with E-state index in [-0.39, 0.29) is 28.1 Å². The van der Waals surface area contributed by atoms with Gasteiger partial charge in [-0.05, 0) is 12.1 Å². The topological polar surface area (TPSA) is 76.8 Å². The fraction of sp³-hybridized carbons (Fsp3) is 0.188. The number of carbonyl (C=O) groups excluding carboxylic acids is 1. The third kappa shape index (κ3) is 2.81. The van der Waals surface area contributed by atoms with Gasteiger partial charge in [0.15, 0.2) is 11.6 Å². The molecule has 0 unspecified atom stereocenters. The first-order chi connectivity index (χ1) is 12.6. The average molecular weight is 393 g/mol. The second kappa shape index (κ2) is 6.62. The van der Waals surface area contributed by atoms with E-state index >= 15 is 0 Å². The third-order valence-corrected chi connectivity index (χ3v) is 4.96. The van der Waals surface area contributed by atoms with Gasteiger partial charge in [-0.15, -0.1) is 10.2 Å². The molecule has 0 N–H and O–H groups in total. The Labute approximate surface area is 157 Å². The summed E-state index contributed by atoms with van der Waals surface area (Å²) in [5, 5.41) is 7.94. The Morgan fingerprint density at radius 1 is 1.12 bits per heavy atom. The molecular weight excluding hydrogens is 382 g/mol. The van der Waals surface area contributed by atoms with Crippen molar-refractivity contribution in [2.45, 2.75) is 13.1 Å². The lowest BCUT2D eigenvalue weighted by molar-refractivity contribution is 0.0708. The van der Waals surface area contributed by atoms with Crippen molar-refractivity contribution in [1.82, 2.24) is 29.6 Å². The molecule has 7 nitrogen and oxygen atoms in total. The van der Waals surface area contributed by atoms with E-state index in [0.29, 0.717) is 30.4 Å². The van der Waals surface area contributed by atoms with Crippen molar-refractivity contribution in [3.63, 3.8) is 0 Å². The number of aromatic nitrogens is 5. The van der Waals surface area contributed by atoms with Crippen LogP contribution in [0.2, 0.25) is 10.0 Å². The van der Waals surface area contributed by atoms with Crippen molar-refractivity contribution < 1.29 is 9.18 Å². The number of fused-ring (bicyclic) bond motifs is 1. The Morgan fingerprint density at radius 2 is 1.96 bits per heavy atom. The summed E-state index contributed by atoms with van der Waals surface area (Å²) < 4.78 is 15.3. The second-order valence-electron chi connectivity index (χ2n) is 5.63. The number of nitrogens with zero attached hydrogens (tertiary/aromatic N) is 6. The molecule has 3 aromatic rings. The van der Waals surface area contributed by atoms with Crippen LogP contribution in [0.4, 0.5) is 4.39 Å². The summed E-state index contributed by atoms with van der Waals surface area (Å²) in [6.07, 6.45) is 4.76. The first kappa shape index (κ1) is 16.9. The highest BCUT2D eigenvalue weighted by Gasteiger charge is 2.28. The Balaban J connectivity index is 1.61. The molecule has 132 valence electrons. The minimum absolute atomic E-state index is 0.0936. The first-order valence-corrected chi connectivity index (χ1v) is 8.43. The Morgan fingerprint density at radius 3 is 2.73 bits per heavy atom. The molecular formula is C16H11Cl2FN6O. The van der Waals surface area contributed by atoms with E-state index in [4.69, 9.17) is 23.2 Å². The number of amides is 1. The highest BCUT2D eigenvalue weighted by atomic mass is 35.5. The molecule has 0 fully saturated rings. The Bertz CT molecular complexity index is 994. The fourth-order valence-electron chi connectivity index (χ4n) is 2.80. The Kier molecular flexibility index (Phi) is 4.29. The minimum Gasteiger partial charge on any atom is -0.329 e. The van der Waals surface area contributed by atoms with Crippen molar-refractivity contribution in [3.8, 4) is 11.5 Å². The minimum atomic E-state index is -0.666. The predicted octanol–water partition coefficient (Wildman–Crippen LogP) is 2.84. The molecule has 0 saturated heterocycles. The van der Waals surface area contributed by atoms with E-state index < -0.39 is 5.82 Å². The van der Waals surface area contributed by atoms with Crippen molar-refractivity contribution >= 4 is 29.1 Å². The molecule has 3 heterocycles. The van der Waals surface area contributed by atoms with Crippen LogP contribution in [0.3, 0.4) is 0 Å². The average Bonchev–Trinajstić information content (AvgIpc) is 3.09. The maximum absolute atomic E-state index is 13.5. The quantitative estimate of drug-likeness (QED) is 0.626. The molecule has 0 saturated carbocycles. The van der Waals surface area contributed by atoms with Crippen LogP contribution >= 0.6 is 23.2 Å². The summed E-state index contributed by atoms with van der Waals surface area (Å²) in [4.78, 5) is 22.6. The number of benzene rings is 1. The maximum atomic E-state index is 13.5. The van der Waals surface area contributed by atoms with Crippen LogP contribution in [0.25, 0.3) is 11.5 Å². The Hall–Kier alpha value is -2.58. The van der Waals surface area contributed by atoms with Crippen LogP contribution in [0.15, 0.2) is 30.7 Å². The zero-order valence-corrected chi connectivity index (χ0v) is 14.7. The second-order valence-corrected chi connectivity index (χ2v) is 6.39. The number of carbonyl (C=O) groups is 1. The first-order valence-electron chi connectivity index (χ1n) is 7.67. The molecule has 26 heavy (non-hydrogen) atoms. The van der Waals surface area contributed by atoms with Gasteiger partial charge in [0, 0.05) is 25.5 Å². The number of rotatable bonds is 2. The SMILES string of the molecule is O=C(c1ccc(F)c(Cl)c1Cl)N1CCn2c(nnc2-c2cnccn2)C1. The third-order valence-electron chi connectivity index (χ3n) is 4.10. The van der Waals surface area contributed by atoms with Crippen LogP contribution in [-0.2, 0) is 13.1 Å². The van der Waals surface area contributed by atoms with Crippen LogP contribution in [0.1, 0.15) is 16.2 Å². The van der Waals surface area contributed by atoms with Gasteiger partial charge in [0.2, 0.25) is 0 Å². The zero-order valence-electron chi connectivity index (χ0n) is 13.2. The highest BCUT2D eigenvalue weighted by molar-refractivity contribution is 6.43. The monoisotopic (exact) mass is 392 g/mol. The fourth-order valence-corrected chi connectivity index (χ4v) is 3.20. The molecule has 1 amide bonds. The molecule has 0 atom stereocenters. The van der Waals surface area contributed by atoms with Gasteiger partial charge in [-0.1, -0.05) is 23.2 Å². The molecule has 0 bridgehead atoms. The molecule has 2 aromatic heterocycles. The normalized spacial score (nSPS) is 13.6. The molecule has 1 aliphatic heterocycles. The zero-order chi connectivity index (χ0) is 18.3. The lowest BCUT2D eigenvalue weighted by Gasteiger charge is -2.28. The number of hydrogen-bond acceptors (Lipinski definition) is 5. The largest absolute Gasteiger partial charge is 0.329 e. The van der Waals surface area contributed by atoms with Crippen molar-refractivity contribution in [1.29, 1.82) is 0 Å². The number of hydrogen-bond donors (Lipinski definition) is 0.